The molecule has 1 aliphatic rings. The molecule has 1 nitrogen and oxygen atoms in total. The Bertz CT molecular complexity index is 371. The van der Waals surface area contributed by atoms with Crippen molar-refractivity contribution in [2.45, 2.75) is 57.4 Å². The van der Waals surface area contributed by atoms with Gasteiger partial charge in [-0.15, -0.1) is 0 Å². The smallest absolute Gasteiger partial charge is 0.126 e. The van der Waals surface area contributed by atoms with Gasteiger partial charge in [0, 0.05) is 6.04 Å². The molecule has 106 valence electrons. The maximum atomic E-state index is 13.7. The molecule has 1 saturated carbocycles. The summed E-state index contributed by atoms with van der Waals surface area (Å²) < 4.78 is 13.7. The molecule has 0 bridgehead atoms. The fraction of sp³-hybridized carbons (Fsp3) is 0.647. The molecule has 1 fully saturated rings. The van der Waals surface area contributed by atoms with Crippen LogP contribution in [0.1, 0.15) is 50.5 Å². The molecule has 1 aliphatic carbocycles. The van der Waals surface area contributed by atoms with E-state index in [1.165, 1.54) is 38.5 Å². The van der Waals surface area contributed by atoms with Crippen LogP contribution in [-0.2, 0) is 6.42 Å². The van der Waals surface area contributed by atoms with E-state index in [1.54, 1.807) is 12.1 Å². The van der Waals surface area contributed by atoms with E-state index in [4.69, 9.17) is 0 Å². The van der Waals surface area contributed by atoms with Gasteiger partial charge in [-0.25, -0.2) is 4.39 Å². The van der Waals surface area contributed by atoms with Gasteiger partial charge in [-0.3, -0.25) is 0 Å². The van der Waals surface area contributed by atoms with Gasteiger partial charge in [0.05, 0.1) is 0 Å². The molecule has 2 heteroatoms. The molecular formula is C17H26FN. The van der Waals surface area contributed by atoms with Crippen molar-refractivity contribution in [2.75, 3.05) is 7.05 Å². The van der Waals surface area contributed by atoms with Gasteiger partial charge in [-0.05, 0) is 43.9 Å². The minimum absolute atomic E-state index is 0.0691. The third-order valence-corrected chi connectivity index (χ3v) is 4.48. The number of nitrogens with one attached hydrogen (secondary N) is 1. The average Bonchev–Trinajstić information content (AvgIpc) is 2.46. The molecule has 0 amide bonds. The predicted octanol–water partition coefficient (Wildman–Crippen LogP) is 4.32. The number of likely N-dealkylation sites (N-methyl/N-ethyl adjacent to an activating group) is 1. The monoisotopic (exact) mass is 263 g/mol. The van der Waals surface area contributed by atoms with Crippen molar-refractivity contribution >= 4 is 0 Å². The second kappa shape index (κ2) is 7.64. The summed E-state index contributed by atoms with van der Waals surface area (Å²) in [5.41, 5.74) is 0.838. The van der Waals surface area contributed by atoms with Crippen molar-refractivity contribution < 1.29 is 4.39 Å². The molecule has 1 N–H and O–H groups in total. The largest absolute Gasteiger partial charge is 0.317 e. The molecule has 1 atom stereocenters. The van der Waals surface area contributed by atoms with Crippen molar-refractivity contribution in [2.24, 2.45) is 5.92 Å². The van der Waals surface area contributed by atoms with Crippen LogP contribution in [0.2, 0.25) is 0 Å². The number of rotatable bonds is 6. The first-order valence-corrected chi connectivity index (χ1v) is 7.70. The van der Waals surface area contributed by atoms with E-state index in [1.807, 2.05) is 19.2 Å². The van der Waals surface area contributed by atoms with Crippen LogP contribution in [-0.4, -0.2) is 13.1 Å². The van der Waals surface area contributed by atoms with Crippen molar-refractivity contribution in [1.82, 2.24) is 5.32 Å². The number of halogens is 1. The van der Waals surface area contributed by atoms with Crippen LogP contribution in [0.5, 0.6) is 0 Å². The van der Waals surface area contributed by atoms with Crippen LogP contribution in [0, 0.1) is 11.7 Å². The first-order chi connectivity index (χ1) is 9.29. The van der Waals surface area contributed by atoms with E-state index in [9.17, 15) is 4.39 Å². The van der Waals surface area contributed by atoms with E-state index in [2.05, 4.69) is 5.32 Å². The Morgan fingerprint density at radius 3 is 2.63 bits per heavy atom. The standard InChI is InChI=1S/C17H26FN/c1-19-16(12-11-14-7-3-2-4-8-14)13-15-9-5-6-10-17(15)18/h5-6,9-10,14,16,19H,2-4,7-8,11-13H2,1H3. The molecule has 0 spiro atoms. The molecule has 0 radical (unpaired) electrons. The Labute approximate surface area is 116 Å². The van der Waals surface area contributed by atoms with Crippen LogP contribution in [0.15, 0.2) is 24.3 Å². The van der Waals surface area contributed by atoms with Gasteiger partial charge >= 0.3 is 0 Å². The minimum atomic E-state index is -0.0691. The zero-order valence-electron chi connectivity index (χ0n) is 12.0. The van der Waals surface area contributed by atoms with Crippen molar-refractivity contribution in [1.29, 1.82) is 0 Å². The topological polar surface area (TPSA) is 12.0 Å². The Morgan fingerprint density at radius 2 is 1.95 bits per heavy atom. The van der Waals surface area contributed by atoms with Gasteiger partial charge in [0.2, 0.25) is 0 Å². The van der Waals surface area contributed by atoms with Crippen LogP contribution in [0.4, 0.5) is 4.39 Å². The van der Waals surface area contributed by atoms with Crippen molar-refractivity contribution in [3.63, 3.8) is 0 Å². The number of benzene rings is 1. The summed E-state index contributed by atoms with van der Waals surface area (Å²) in [6.07, 6.45) is 10.3. The highest BCUT2D eigenvalue weighted by atomic mass is 19.1. The predicted molar refractivity (Wildman–Crippen MR) is 78.8 cm³/mol. The third-order valence-electron chi connectivity index (χ3n) is 4.48. The number of hydrogen-bond acceptors (Lipinski definition) is 1. The second-order valence-corrected chi connectivity index (χ2v) is 5.86. The van der Waals surface area contributed by atoms with Crippen LogP contribution in [0.3, 0.4) is 0 Å². The van der Waals surface area contributed by atoms with Crippen LogP contribution in [0.25, 0.3) is 0 Å². The third kappa shape index (κ3) is 4.61. The van der Waals surface area contributed by atoms with Crippen LogP contribution >= 0.6 is 0 Å². The Hall–Kier alpha value is -0.890. The SMILES string of the molecule is CNC(CCC1CCCCC1)Cc1ccccc1F. The van der Waals surface area contributed by atoms with E-state index >= 15 is 0 Å². The van der Waals surface area contributed by atoms with E-state index in [-0.39, 0.29) is 5.82 Å². The zero-order chi connectivity index (χ0) is 13.5. The fourth-order valence-corrected chi connectivity index (χ4v) is 3.19. The van der Waals surface area contributed by atoms with Gasteiger partial charge in [0.15, 0.2) is 0 Å². The summed E-state index contributed by atoms with van der Waals surface area (Å²) in [4.78, 5) is 0. The lowest BCUT2D eigenvalue weighted by Crippen LogP contribution is -2.28. The lowest BCUT2D eigenvalue weighted by Gasteiger charge is -2.24. The van der Waals surface area contributed by atoms with Gasteiger partial charge in [-0.1, -0.05) is 50.3 Å². The Kier molecular flexibility index (Phi) is 5.84. The highest BCUT2D eigenvalue weighted by Gasteiger charge is 2.16. The van der Waals surface area contributed by atoms with Gasteiger partial charge in [0.25, 0.3) is 0 Å². The summed E-state index contributed by atoms with van der Waals surface area (Å²) in [7, 11) is 1.99. The van der Waals surface area contributed by atoms with E-state index in [0.717, 1.165) is 24.3 Å². The molecular weight excluding hydrogens is 237 g/mol. The molecule has 0 saturated heterocycles. The maximum absolute atomic E-state index is 13.7. The maximum Gasteiger partial charge on any atom is 0.126 e. The quantitative estimate of drug-likeness (QED) is 0.806. The molecule has 1 aromatic rings. The summed E-state index contributed by atoms with van der Waals surface area (Å²) in [6.45, 7) is 0. The Balaban J connectivity index is 1.81. The minimum Gasteiger partial charge on any atom is -0.317 e. The summed E-state index contributed by atoms with van der Waals surface area (Å²) in [5.74, 6) is 0.839. The van der Waals surface area contributed by atoms with Gasteiger partial charge in [-0.2, -0.15) is 0 Å². The lowest BCUT2D eigenvalue weighted by molar-refractivity contribution is 0.315. The van der Waals surface area contributed by atoms with Gasteiger partial charge < -0.3 is 5.32 Å². The lowest BCUT2D eigenvalue weighted by atomic mass is 9.84. The first-order valence-electron chi connectivity index (χ1n) is 7.70. The van der Waals surface area contributed by atoms with E-state index in [0.29, 0.717) is 6.04 Å². The normalized spacial score (nSPS) is 18.4. The second-order valence-electron chi connectivity index (χ2n) is 5.86. The molecule has 0 aromatic heterocycles. The Morgan fingerprint density at radius 1 is 1.21 bits per heavy atom. The molecule has 2 rings (SSSR count). The van der Waals surface area contributed by atoms with Gasteiger partial charge in [0.1, 0.15) is 5.82 Å². The molecule has 1 aromatic carbocycles. The molecule has 1 unspecified atom stereocenters. The fourth-order valence-electron chi connectivity index (χ4n) is 3.19. The average molecular weight is 263 g/mol. The van der Waals surface area contributed by atoms with Crippen molar-refractivity contribution in [3.8, 4) is 0 Å². The zero-order valence-corrected chi connectivity index (χ0v) is 12.0. The van der Waals surface area contributed by atoms with Crippen LogP contribution < -0.4 is 5.32 Å². The van der Waals surface area contributed by atoms with E-state index < -0.39 is 0 Å². The summed E-state index contributed by atoms with van der Waals surface area (Å²) >= 11 is 0. The first kappa shape index (κ1) is 14.5. The molecule has 0 aliphatic heterocycles. The highest BCUT2D eigenvalue weighted by molar-refractivity contribution is 5.18. The summed E-state index contributed by atoms with van der Waals surface area (Å²) in [6, 6.07) is 7.55. The molecule has 19 heavy (non-hydrogen) atoms. The highest BCUT2D eigenvalue weighted by Crippen LogP contribution is 2.28. The van der Waals surface area contributed by atoms with Crippen molar-refractivity contribution in [3.05, 3.63) is 35.6 Å². The number of hydrogen-bond donors (Lipinski definition) is 1. The molecule has 0 heterocycles. The summed E-state index contributed by atoms with van der Waals surface area (Å²) in [5, 5.41) is 3.35.